The Kier molecular flexibility index (Phi) is 2.24. The average Bonchev–Trinajstić information content (AvgIpc) is 2.61. The zero-order chi connectivity index (χ0) is 10.8. The number of rotatable bonds is 2. The van der Waals surface area contributed by atoms with E-state index in [0.29, 0.717) is 12.2 Å². The zero-order valence-corrected chi connectivity index (χ0v) is 8.16. The van der Waals surface area contributed by atoms with Crippen molar-refractivity contribution < 1.29 is 5.11 Å². The summed E-state index contributed by atoms with van der Waals surface area (Å²) >= 11 is 0. The van der Waals surface area contributed by atoms with Crippen molar-refractivity contribution in [1.29, 1.82) is 0 Å². The van der Waals surface area contributed by atoms with Crippen molar-refractivity contribution in [3.8, 4) is 11.4 Å². The van der Waals surface area contributed by atoms with Gasteiger partial charge in [0.15, 0.2) is 0 Å². The molecule has 1 aromatic carbocycles. The van der Waals surface area contributed by atoms with Crippen LogP contribution >= 0.6 is 0 Å². The zero-order valence-electron chi connectivity index (χ0n) is 8.16. The van der Waals surface area contributed by atoms with Gasteiger partial charge in [0.2, 0.25) is 0 Å². The predicted octanol–water partition coefficient (Wildman–Crippen LogP) is 0.154. The third-order valence-electron chi connectivity index (χ3n) is 2.03. The first-order valence-electron chi connectivity index (χ1n) is 4.54. The molecule has 0 aliphatic heterocycles. The number of phenolic OH excluding ortho intramolecular Hbond substituents is 1. The summed E-state index contributed by atoms with van der Waals surface area (Å²) in [5.41, 5.74) is 0.292. The number of aryl methyl sites for hydroxylation is 1. The summed E-state index contributed by atoms with van der Waals surface area (Å²) in [6.45, 7) is 2.30. The number of phenols is 1. The van der Waals surface area contributed by atoms with Crippen LogP contribution in [0.1, 0.15) is 6.92 Å². The molecule has 0 bridgehead atoms. The maximum absolute atomic E-state index is 11.6. The van der Waals surface area contributed by atoms with Gasteiger partial charge in [0.05, 0.1) is 5.69 Å². The molecular formula is C9H10N4O2. The third-order valence-corrected chi connectivity index (χ3v) is 2.03. The van der Waals surface area contributed by atoms with E-state index in [1.807, 2.05) is 6.92 Å². The van der Waals surface area contributed by atoms with E-state index < -0.39 is 0 Å². The lowest BCUT2D eigenvalue weighted by Gasteiger charge is -1.97. The molecule has 2 rings (SSSR count). The molecule has 78 valence electrons. The lowest BCUT2D eigenvalue weighted by atomic mass is 10.3. The second-order valence-electron chi connectivity index (χ2n) is 3.01. The molecule has 0 aliphatic rings. The maximum Gasteiger partial charge on any atom is 0.368 e. The highest BCUT2D eigenvalue weighted by Gasteiger charge is 2.06. The van der Waals surface area contributed by atoms with Crippen molar-refractivity contribution >= 4 is 0 Å². The number of hydrogen-bond acceptors (Lipinski definition) is 4. The Bertz CT molecular complexity index is 512. The SMILES string of the molecule is CCn1nnn(-c2ccc(O)cc2)c1=O. The fourth-order valence-electron chi connectivity index (χ4n) is 1.23. The highest BCUT2D eigenvalue weighted by molar-refractivity contribution is 5.35. The van der Waals surface area contributed by atoms with Crippen LogP contribution in [0.25, 0.3) is 5.69 Å². The van der Waals surface area contributed by atoms with E-state index in [2.05, 4.69) is 10.4 Å². The van der Waals surface area contributed by atoms with Crippen LogP contribution in [0.4, 0.5) is 0 Å². The van der Waals surface area contributed by atoms with Gasteiger partial charge in [-0.05, 0) is 41.6 Å². The summed E-state index contributed by atoms with van der Waals surface area (Å²) in [7, 11) is 0. The predicted molar refractivity (Wildman–Crippen MR) is 53.0 cm³/mol. The van der Waals surface area contributed by atoms with Gasteiger partial charge in [-0.15, -0.1) is 0 Å². The van der Waals surface area contributed by atoms with Gasteiger partial charge in [0, 0.05) is 6.54 Å². The number of aromatic hydroxyl groups is 1. The molecule has 0 amide bonds. The molecule has 0 aliphatic carbocycles. The quantitative estimate of drug-likeness (QED) is 0.759. The van der Waals surface area contributed by atoms with Gasteiger partial charge >= 0.3 is 5.69 Å². The minimum Gasteiger partial charge on any atom is -0.508 e. The molecule has 0 atom stereocenters. The van der Waals surface area contributed by atoms with E-state index in [9.17, 15) is 4.79 Å². The van der Waals surface area contributed by atoms with E-state index in [4.69, 9.17) is 5.11 Å². The second-order valence-corrected chi connectivity index (χ2v) is 3.01. The molecule has 1 N–H and O–H groups in total. The number of tetrazole rings is 1. The minimum absolute atomic E-state index is 0.148. The topological polar surface area (TPSA) is 72.9 Å². The number of nitrogens with zero attached hydrogens (tertiary/aromatic N) is 4. The van der Waals surface area contributed by atoms with E-state index in [1.54, 1.807) is 12.1 Å². The highest BCUT2D eigenvalue weighted by Crippen LogP contribution is 2.10. The van der Waals surface area contributed by atoms with Crippen molar-refractivity contribution in [1.82, 2.24) is 19.8 Å². The van der Waals surface area contributed by atoms with Gasteiger partial charge in [0.25, 0.3) is 0 Å². The highest BCUT2D eigenvalue weighted by atomic mass is 16.3. The largest absolute Gasteiger partial charge is 0.508 e. The number of aromatic nitrogens is 4. The minimum atomic E-state index is -0.289. The Labute approximate surface area is 85.4 Å². The third kappa shape index (κ3) is 1.61. The van der Waals surface area contributed by atoms with Crippen molar-refractivity contribution in [2.24, 2.45) is 0 Å². The molecule has 15 heavy (non-hydrogen) atoms. The van der Waals surface area contributed by atoms with E-state index in [-0.39, 0.29) is 11.4 Å². The molecule has 0 saturated heterocycles. The van der Waals surface area contributed by atoms with Gasteiger partial charge in [-0.1, -0.05) is 0 Å². The molecule has 1 aromatic heterocycles. The van der Waals surface area contributed by atoms with Crippen LogP contribution in [0.5, 0.6) is 5.75 Å². The fourth-order valence-corrected chi connectivity index (χ4v) is 1.23. The summed E-state index contributed by atoms with van der Waals surface area (Å²) in [5.74, 6) is 0.148. The molecule has 0 saturated carbocycles. The molecule has 6 heteroatoms. The molecule has 6 nitrogen and oxygen atoms in total. The molecule has 1 heterocycles. The summed E-state index contributed by atoms with van der Waals surface area (Å²) in [6.07, 6.45) is 0. The van der Waals surface area contributed by atoms with Gasteiger partial charge in [-0.25, -0.2) is 4.79 Å². The van der Waals surface area contributed by atoms with Crippen LogP contribution in [0.3, 0.4) is 0 Å². The summed E-state index contributed by atoms with van der Waals surface area (Å²) in [5, 5.41) is 16.5. The van der Waals surface area contributed by atoms with Crippen molar-refractivity contribution in [2.75, 3.05) is 0 Å². The smallest absolute Gasteiger partial charge is 0.368 e. The number of hydrogen-bond donors (Lipinski definition) is 1. The van der Waals surface area contributed by atoms with Crippen LogP contribution in [0.15, 0.2) is 29.1 Å². The Morgan fingerprint density at radius 3 is 2.47 bits per heavy atom. The van der Waals surface area contributed by atoms with Gasteiger partial charge < -0.3 is 5.11 Å². The standard InChI is InChI=1S/C9H10N4O2/c1-2-12-9(15)13(11-10-12)7-3-5-8(14)6-4-7/h3-6,14H,2H2,1H3. The van der Waals surface area contributed by atoms with Crippen LogP contribution < -0.4 is 5.69 Å². The van der Waals surface area contributed by atoms with Crippen LogP contribution in [0.2, 0.25) is 0 Å². The lowest BCUT2D eigenvalue weighted by molar-refractivity contribution is 0.475. The van der Waals surface area contributed by atoms with Crippen molar-refractivity contribution in [3.05, 3.63) is 34.7 Å². The lowest BCUT2D eigenvalue weighted by Crippen LogP contribution is -2.23. The Balaban J connectivity index is 2.50. The summed E-state index contributed by atoms with van der Waals surface area (Å²) < 4.78 is 2.44. The van der Waals surface area contributed by atoms with Crippen LogP contribution in [0, 0.1) is 0 Å². The Hall–Kier alpha value is -2.11. The molecular weight excluding hydrogens is 196 g/mol. The monoisotopic (exact) mass is 206 g/mol. The van der Waals surface area contributed by atoms with Gasteiger partial charge in [-0.2, -0.15) is 9.36 Å². The van der Waals surface area contributed by atoms with Crippen LogP contribution in [-0.2, 0) is 6.54 Å². The van der Waals surface area contributed by atoms with Crippen molar-refractivity contribution in [2.45, 2.75) is 13.5 Å². The maximum atomic E-state index is 11.6. The fraction of sp³-hybridized carbons (Fsp3) is 0.222. The van der Waals surface area contributed by atoms with Crippen molar-refractivity contribution in [3.63, 3.8) is 0 Å². The van der Waals surface area contributed by atoms with E-state index >= 15 is 0 Å². The second kappa shape index (κ2) is 3.56. The first-order chi connectivity index (χ1) is 7.22. The Morgan fingerprint density at radius 2 is 1.93 bits per heavy atom. The van der Waals surface area contributed by atoms with Gasteiger partial charge in [-0.3, -0.25) is 0 Å². The first-order valence-corrected chi connectivity index (χ1v) is 4.54. The summed E-state index contributed by atoms with van der Waals surface area (Å²) in [6, 6.07) is 6.19. The summed E-state index contributed by atoms with van der Waals surface area (Å²) in [4.78, 5) is 11.6. The van der Waals surface area contributed by atoms with E-state index in [0.717, 1.165) is 0 Å². The Morgan fingerprint density at radius 1 is 1.27 bits per heavy atom. The molecule has 2 aromatic rings. The van der Waals surface area contributed by atoms with Crippen LogP contribution in [-0.4, -0.2) is 24.9 Å². The van der Waals surface area contributed by atoms with Gasteiger partial charge in [0.1, 0.15) is 5.75 Å². The molecule has 0 spiro atoms. The normalized spacial score (nSPS) is 10.5. The first kappa shape index (κ1) is 9.45. The van der Waals surface area contributed by atoms with E-state index in [1.165, 1.54) is 21.5 Å². The average molecular weight is 206 g/mol. The molecule has 0 unspecified atom stereocenters. The molecule has 0 radical (unpaired) electrons. The molecule has 0 fully saturated rings. The number of benzene rings is 1.